The van der Waals surface area contributed by atoms with Crippen molar-refractivity contribution < 1.29 is 0 Å². The van der Waals surface area contributed by atoms with Crippen LogP contribution >= 0.6 is 10.9 Å². The topological polar surface area (TPSA) is 6.48 Å². The van der Waals surface area contributed by atoms with Gasteiger partial charge >= 0.3 is 0 Å². The number of piperazine rings is 1. The lowest BCUT2D eigenvalue weighted by Gasteiger charge is -2.43. The molecular formula is C11H26N2S. The molecule has 0 aliphatic carbocycles. The Kier molecular flexibility index (Phi) is 4.74. The molecule has 0 N–H and O–H groups in total. The molecule has 1 aliphatic heterocycles. The minimum Gasteiger partial charge on any atom is -0.304 e. The Morgan fingerprint density at radius 3 is 2.43 bits per heavy atom. The van der Waals surface area contributed by atoms with Gasteiger partial charge in [0.15, 0.2) is 0 Å². The largest absolute Gasteiger partial charge is 0.304 e. The molecule has 3 heteroatoms. The van der Waals surface area contributed by atoms with Crippen molar-refractivity contribution in [2.75, 3.05) is 45.1 Å². The third-order valence-corrected chi connectivity index (χ3v) is 3.90. The van der Waals surface area contributed by atoms with Gasteiger partial charge in [-0.1, -0.05) is 13.8 Å². The van der Waals surface area contributed by atoms with Gasteiger partial charge in [0, 0.05) is 31.6 Å². The lowest BCUT2D eigenvalue weighted by molar-refractivity contribution is 0.0801. The highest BCUT2D eigenvalue weighted by atomic mass is 32.2. The van der Waals surface area contributed by atoms with Crippen LogP contribution in [-0.2, 0) is 0 Å². The van der Waals surface area contributed by atoms with Crippen molar-refractivity contribution in [3.05, 3.63) is 0 Å². The van der Waals surface area contributed by atoms with Gasteiger partial charge in [0.1, 0.15) is 0 Å². The van der Waals surface area contributed by atoms with E-state index in [2.05, 4.69) is 43.2 Å². The Morgan fingerprint density at radius 2 is 1.93 bits per heavy atom. The summed E-state index contributed by atoms with van der Waals surface area (Å²) < 4.78 is 0. The maximum absolute atomic E-state index is 2.70. The van der Waals surface area contributed by atoms with Crippen LogP contribution in [-0.4, -0.2) is 60.9 Å². The normalized spacial score (nSPS) is 27.0. The fraction of sp³-hybridized carbons (Fsp3) is 1.00. The Hall–Kier alpha value is 0.270. The van der Waals surface area contributed by atoms with Crippen LogP contribution < -0.4 is 0 Å². The van der Waals surface area contributed by atoms with Crippen molar-refractivity contribution >= 4 is 10.9 Å². The molecule has 0 aromatic heterocycles. The number of hydrogen-bond donors (Lipinski definition) is 1. The lowest BCUT2D eigenvalue weighted by Crippen LogP contribution is -2.54. The number of rotatable bonds is 3. The summed E-state index contributed by atoms with van der Waals surface area (Å²) in [6.45, 7) is 8.46. The monoisotopic (exact) mass is 218 g/mol. The predicted molar refractivity (Wildman–Crippen MR) is 68.5 cm³/mol. The zero-order chi connectivity index (χ0) is 10.7. The molecule has 14 heavy (non-hydrogen) atoms. The zero-order valence-corrected chi connectivity index (χ0v) is 11.2. The predicted octanol–water partition coefficient (Wildman–Crippen LogP) is 1.48. The van der Waals surface area contributed by atoms with E-state index in [1.54, 1.807) is 0 Å². The van der Waals surface area contributed by atoms with Gasteiger partial charge in [0.2, 0.25) is 0 Å². The maximum atomic E-state index is 2.70. The minimum absolute atomic E-state index is 0.218. The molecule has 2 nitrogen and oxygen atoms in total. The first-order valence-corrected chi connectivity index (χ1v) is 8.00. The van der Waals surface area contributed by atoms with Gasteiger partial charge in [-0.3, -0.25) is 4.90 Å². The summed E-state index contributed by atoms with van der Waals surface area (Å²) >= 11 is 0. The molecule has 0 saturated carbocycles. The first kappa shape index (κ1) is 12.3. The van der Waals surface area contributed by atoms with E-state index in [-0.39, 0.29) is 10.9 Å². The molecule has 0 unspecified atom stereocenters. The van der Waals surface area contributed by atoms with E-state index in [0.29, 0.717) is 0 Å². The number of likely N-dealkylation sites (N-methyl/N-ethyl adjacent to an activating group) is 1. The zero-order valence-electron chi connectivity index (χ0n) is 10.3. The van der Waals surface area contributed by atoms with Crippen LogP contribution in [0.4, 0.5) is 0 Å². The highest BCUT2D eigenvalue weighted by Crippen LogP contribution is 2.23. The second-order valence-corrected chi connectivity index (χ2v) is 7.55. The van der Waals surface area contributed by atoms with Crippen LogP contribution in [0.25, 0.3) is 0 Å². The summed E-state index contributed by atoms with van der Waals surface area (Å²) in [5.74, 6) is 2.11. The summed E-state index contributed by atoms with van der Waals surface area (Å²) in [4.78, 5) is 5.17. The maximum Gasteiger partial charge on any atom is 0.0265 e. The molecule has 1 heterocycles. The molecule has 86 valence electrons. The molecule has 1 saturated heterocycles. The van der Waals surface area contributed by atoms with Crippen LogP contribution in [0.5, 0.6) is 0 Å². The molecule has 1 atom stereocenters. The van der Waals surface area contributed by atoms with E-state index >= 15 is 0 Å². The molecule has 0 radical (unpaired) electrons. The SMILES string of the molecule is CC(C)[C@H]1CN(C)CCN1C[SH](C)C. The smallest absolute Gasteiger partial charge is 0.0265 e. The number of hydrogen-bond acceptors (Lipinski definition) is 2. The fourth-order valence-corrected chi connectivity index (χ4v) is 3.24. The van der Waals surface area contributed by atoms with Crippen molar-refractivity contribution in [2.24, 2.45) is 5.92 Å². The van der Waals surface area contributed by atoms with Crippen molar-refractivity contribution in [2.45, 2.75) is 19.9 Å². The molecule has 0 aromatic rings. The van der Waals surface area contributed by atoms with E-state index in [1.807, 2.05) is 0 Å². The summed E-state index contributed by atoms with van der Waals surface area (Å²) in [7, 11) is 2.46. The minimum atomic E-state index is 0.218. The average molecular weight is 218 g/mol. The van der Waals surface area contributed by atoms with Gasteiger partial charge in [-0.25, -0.2) is 10.9 Å². The van der Waals surface area contributed by atoms with Crippen molar-refractivity contribution in [1.29, 1.82) is 0 Å². The summed E-state index contributed by atoms with van der Waals surface area (Å²) in [5, 5.41) is 0. The van der Waals surface area contributed by atoms with Crippen LogP contribution in [0.3, 0.4) is 0 Å². The number of nitrogens with zero attached hydrogens (tertiary/aromatic N) is 2. The number of thiol groups is 1. The summed E-state index contributed by atoms with van der Waals surface area (Å²) in [6, 6.07) is 0.777. The van der Waals surface area contributed by atoms with Gasteiger partial charge < -0.3 is 4.90 Å². The van der Waals surface area contributed by atoms with Gasteiger partial charge in [-0.15, -0.1) is 0 Å². The quantitative estimate of drug-likeness (QED) is 0.717. The molecule has 0 aromatic carbocycles. The molecule has 0 amide bonds. The van der Waals surface area contributed by atoms with E-state index < -0.39 is 0 Å². The van der Waals surface area contributed by atoms with Crippen molar-refractivity contribution in [3.63, 3.8) is 0 Å². The van der Waals surface area contributed by atoms with E-state index in [9.17, 15) is 0 Å². The van der Waals surface area contributed by atoms with Crippen molar-refractivity contribution in [1.82, 2.24) is 9.80 Å². The molecule has 1 fully saturated rings. The first-order valence-electron chi connectivity index (χ1n) is 5.58. The molecular weight excluding hydrogens is 192 g/mol. The van der Waals surface area contributed by atoms with Gasteiger partial charge in [0.25, 0.3) is 0 Å². The van der Waals surface area contributed by atoms with Crippen LogP contribution in [0.1, 0.15) is 13.8 Å². The molecule has 1 rings (SSSR count). The highest BCUT2D eigenvalue weighted by Gasteiger charge is 2.27. The molecule has 0 spiro atoms. The second-order valence-electron chi connectivity index (χ2n) is 5.11. The van der Waals surface area contributed by atoms with E-state index in [4.69, 9.17) is 0 Å². The highest BCUT2D eigenvalue weighted by molar-refractivity contribution is 8.15. The fourth-order valence-electron chi connectivity index (χ4n) is 2.16. The Labute approximate surface area is 92.0 Å². The van der Waals surface area contributed by atoms with Gasteiger partial charge in [0.05, 0.1) is 0 Å². The summed E-state index contributed by atoms with van der Waals surface area (Å²) in [5.41, 5.74) is 0. The van der Waals surface area contributed by atoms with E-state index in [0.717, 1.165) is 12.0 Å². The van der Waals surface area contributed by atoms with Crippen molar-refractivity contribution in [3.8, 4) is 0 Å². The molecule has 0 bridgehead atoms. The first-order chi connectivity index (χ1) is 6.50. The summed E-state index contributed by atoms with van der Waals surface area (Å²) in [6.07, 6.45) is 4.76. The third kappa shape index (κ3) is 3.44. The van der Waals surface area contributed by atoms with Gasteiger partial charge in [-0.05, 0) is 25.5 Å². The van der Waals surface area contributed by atoms with Crippen LogP contribution in [0.2, 0.25) is 0 Å². The van der Waals surface area contributed by atoms with Crippen LogP contribution in [0.15, 0.2) is 0 Å². The Balaban J connectivity index is 2.53. The molecule has 1 aliphatic rings. The standard InChI is InChI=1S/C11H26N2S/c1-10(2)11-8-12(3)6-7-13(11)9-14(4)5/h10-11,14H,6-9H2,1-5H3/t11-/m1/s1. The average Bonchev–Trinajstić information content (AvgIpc) is 2.07. The second kappa shape index (κ2) is 5.38. The van der Waals surface area contributed by atoms with E-state index in [1.165, 1.54) is 25.5 Å². The van der Waals surface area contributed by atoms with Gasteiger partial charge in [-0.2, -0.15) is 0 Å². The van der Waals surface area contributed by atoms with Crippen LogP contribution in [0, 0.1) is 5.92 Å². The Morgan fingerprint density at radius 1 is 1.29 bits per heavy atom. The Bertz CT molecular complexity index is 171. The third-order valence-electron chi connectivity index (χ3n) is 2.97. The lowest BCUT2D eigenvalue weighted by atomic mass is 10.0.